The molecule has 0 saturated heterocycles. The lowest BCUT2D eigenvalue weighted by Crippen LogP contribution is -1.97. The van der Waals surface area contributed by atoms with Gasteiger partial charge >= 0.3 is 0 Å². The van der Waals surface area contributed by atoms with Gasteiger partial charge in [0.25, 0.3) is 0 Å². The third kappa shape index (κ3) is 1.79. The number of Topliss-reactive ketones (excluding diaryl/α,β-unsaturated/α-hetero) is 1. The van der Waals surface area contributed by atoms with Crippen LogP contribution in [0.1, 0.15) is 15.9 Å². The molecule has 0 aliphatic carbocycles. The lowest BCUT2D eigenvalue weighted by atomic mass is 10.1. The van der Waals surface area contributed by atoms with Crippen molar-refractivity contribution in [3.05, 3.63) is 59.6 Å². The van der Waals surface area contributed by atoms with Crippen molar-refractivity contribution in [3.8, 4) is 11.5 Å². The van der Waals surface area contributed by atoms with Crippen LogP contribution in [-0.2, 0) is 0 Å². The summed E-state index contributed by atoms with van der Waals surface area (Å²) in [6.07, 6.45) is 5.16. The van der Waals surface area contributed by atoms with Gasteiger partial charge < -0.3 is 14.8 Å². The number of aromatic nitrogens is 2. The molecule has 1 aliphatic rings. The molecule has 0 bridgehead atoms. The van der Waals surface area contributed by atoms with E-state index in [1.807, 2.05) is 12.1 Å². The summed E-state index contributed by atoms with van der Waals surface area (Å²) in [5.41, 5.74) is 2.04. The minimum atomic E-state index is -0.191. The molecule has 102 valence electrons. The van der Waals surface area contributed by atoms with Crippen molar-refractivity contribution >= 4 is 22.9 Å². The summed E-state index contributed by atoms with van der Waals surface area (Å²) in [6.45, 7) is 0. The SMILES string of the molecule is O=C1/C(=C/c2c[nH]c3ncccc23)Oc2cc(O)ccc21. The van der Waals surface area contributed by atoms with Crippen molar-refractivity contribution in [2.75, 3.05) is 0 Å². The summed E-state index contributed by atoms with van der Waals surface area (Å²) in [4.78, 5) is 19.5. The van der Waals surface area contributed by atoms with E-state index in [9.17, 15) is 9.90 Å². The Kier molecular flexibility index (Phi) is 2.35. The Hall–Kier alpha value is -3.08. The molecule has 0 radical (unpaired) electrons. The maximum absolute atomic E-state index is 12.3. The van der Waals surface area contributed by atoms with E-state index < -0.39 is 0 Å². The first-order chi connectivity index (χ1) is 10.2. The van der Waals surface area contributed by atoms with E-state index in [1.165, 1.54) is 12.1 Å². The molecule has 0 fully saturated rings. The molecule has 0 unspecified atom stereocenters. The second kappa shape index (κ2) is 4.21. The standard InChI is InChI=1S/C16H10N2O3/c19-10-3-4-12-13(7-10)21-14(15(12)20)6-9-8-18-16-11(9)2-1-5-17-16/h1-8,19H,(H,17,18)/b14-6-. The van der Waals surface area contributed by atoms with Crippen LogP contribution < -0.4 is 4.74 Å². The molecule has 0 saturated carbocycles. The van der Waals surface area contributed by atoms with Gasteiger partial charge in [-0.25, -0.2) is 4.98 Å². The van der Waals surface area contributed by atoms with Crippen molar-refractivity contribution < 1.29 is 14.6 Å². The number of ether oxygens (including phenoxy) is 1. The number of nitrogens with zero attached hydrogens (tertiary/aromatic N) is 1. The fourth-order valence-corrected chi connectivity index (χ4v) is 2.41. The van der Waals surface area contributed by atoms with Gasteiger partial charge in [0.15, 0.2) is 5.76 Å². The van der Waals surface area contributed by atoms with E-state index in [2.05, 4.69) is 9.97 Å². The first-order valence-corrected chi connectivity index (χ1v) is 6.42. The van der Waals surface area contributed by atoms with E-state index in [0.717, 1.165) is 16.6 Å². The maximum atomic E-state index is 12.3. The first kappa shape index (κ1) is 11.7. The molecule has 1 aromatic carbocycles. The zero-order valence-electron chi connectivity index (χ0n) is 10.8. The number of phenolic OH excluding ortho intramolecular Hbond substituents is 1. The van der Waals surface area contributed by atoms with Gasteiger partial charge in [-0.05, 0) is 30.3 Å². The third-order valence-electron chi connectivity index (χ3n) is 3.42. The number of carbonyl (C=O) groups excluding carboxylic acids is 1. The number of phenols is 1. The highest BCUT2D eigenvalue weighted by Gasteiger charge is 2.27. The molecule has 4 rings (SSSR count). The van der Waals surface area contributed by atoms with Crippen LogP contribution in [0.3, 0.4) is 0 Å². The Bertz CT molecular complexity index is 909. The second-order valence-corrected chi connectivity index (χ2v) is 4.76. The molecule has 2 N–H and O–H groups in total. The number of allylic oxidation sites excluding steroid dienone is 1. The van der Waals surface area contributed by atoms with Crippen molar-refractivity contribution in [1.82, 2.24) is 9.97 Å². The predicted molar refractivity (Wildman–Crippen MR) is 77.1 cm³/mol. The fraction of sp³-hybridized carbons (Fsp3) is 0. The number of carbonyl (C=O) groups is 1. The first-order valence-electron chi connectivity index (χ1n) is 6.42. The molecule has 0 atom stereocenters. The van der Waals surface area contributed by atoms with E-state index in [0.29, 0.717) is 11.3 Å². The van der Waals surface area contributed by atoms with Gasteiger partial charge in [0.05, 0.1) is 5.56 Å². The quantitative estimate of drug-likeness (QED) is 0.671. The minimum Gasteiger partial charge on any atom is -0.508 e. The topological polar surface area (TPSA) is 75.2 Å². The number of nitrogens with one attached hydrogen (secondary N) is 1. The van der Waals surface area contributed by atoms with Crippen LogP contribution in [0.2, 0.25) is 0 Å². The zero-order chi connectivity index (χ0) is 14.4. The van der Waals surface area contributed by atoms with E-state index in [-0.39, 0.29) is 17.3 Å². The van der Waals surface area contributed by atoms with Crippen LogP contribution in [0.25, 0.3) is 17.1 Å². The predicted octanol–water partition coefficient (Wildman–Crippen LogP) is 2.88. The zero-order valence-corrected chi connectivity index (χ0v) is 10.8. The largest absolute Gasteiger partial charge is 0.508 e. The van der Waals surface area contributed by atoms with Gasteiger partial charge in [-0.15, -0.1) is 0 Å². The van der Waals surface area contributed by atoms with Gasteiger partial charge in [-0.2, -0.15) is 0 Å². The number of aromatic amines is 1. The lowest BCUT2D eigenvalue weighted by Gasteiger charge is -1.98. The number of aromatic hydroxyl groups is 1. The number of hydrogen-bond acceptors (Lipinski definition) is 4. The highest BCUT2D eigenvalue weighted by atomic mass is 16.5. The number of fused-ring (bicyclic) bond motifs is 2. The van der Waals surface area contributed by atoms with E-state index in [4.69, 9.17) is 4.74 Å². The summed E-state index contributed by atoms with van der Waals surface area (Å²) < 4.78 is 5.54. The molecule has 0 spiro atoms. The van der Waals surface area contributed by atoms with Crippen LogP contribution in [0.15, 0.2) is 48.5 Å². The normalized spacial score (nSPS) is 15.4. The summed E-state index contributed by atoms with van der Waals surface area (Å²) in [5, 5.41) is 10.4. The Labute approximate surface area is 119 Å². The molecular weight excluding hydrogens is 268 g/mol. The highest BCUT2D eigenvalue weighted by molar-refractivity contribution is 6.15. The molecule has 5 heteroatoms. The van der Waals surface area contributed by atoms with Crippen LogP contribution in [0.4, 0.5) is 0 Å². The van der Waals surface area contributed by atoms with Crippen molar-refractivity contribution in [2.24, 2.45) is 0 Å². The summed E-state index contributed by atoms with van der Waals surface area (Å²) in [5.74, 6) is 0.493. The van der Waals surface area contributed by atoms with Gasteiger partial charge in [-0.1, -0.05) is 0 Å². The molecule has 3 aromatic rings. The van der Waals surface area contributed by atoms with Gasteiger partial charge in [-0.3, -0.25) is 4.79 Å². The smallest absolute Gasteiger partial charge is 0.231 e. The average Bonchev–Trinajstić information content (AvgIpc) is 3.02. The average molecular weight is 278 g/mol. The molecule has 0 amide bonds. The number of rotatable bonds is 1. The van der Waals surface area contributed by atoms with Gasteiger partial charge in [0.2, 0.25) is 5.78 Å². The summed E-state index contributed by atoms with van der Waals surface area (Å²) in [7, 11) is 0. The summed E-state index contributed by atoms with van der Waals surface area (Å²) in [6, 6.07) is 8.22. The van der Waals surface area contributed by atoms with Crippen LogP contribution in [0.5, 0.6) is 11.5 Å². The molecule has 21 heavy (non-hydrogen) atoms. The van der Waals surface area contributed by atoms with Crippen LogP contribution in [-0.4, -0.2) is 20.9 Å². The number of ketones is 1. The van der Waals surface area contributed by atoms with Crippen LogP contribution in [0, 0.1) is 0 Å². The third-order valence-corrected chi connectivity index (χ3v) is 3.42. The summed E-state index contributed by atoms with van der Waals surface area (Å²) >= 11 is 0. The Balaban J connectivity index is 1.80. The second-order valence-electron chi connectivity index (χ2n) is 4.76. The minimum absolute atomic E-state index is 0.0686. The van der Waals surface area contributed by atoms with Gasteiger partial charge in [0.1, 0.15) is 17.1 Å². The number of benzene rings is 1. The maximum Gasteiger partial charge on any atom is 0.231 e. The Morgan fingerprint density at radius 2 is 2.19 bits per heavy atom. The highest BCUT2D eigenvalue weighted by Crippen LogP contribution is 2.34. The number of pyridine rings is 1. The van der Waals surface area contributed by atoms with E-state index in [1.54, 1.807) is 24.5 Å². The number of H-pyrrole nitrogens is 1. The lowest BCUT2D eigenvalue weighted by molar-refractivity contribution is 0.101. The van der Waals surface area contributed by atoms with Gasteiger partial charge in [0, 0.05) is 29.4 Å². The number of hydrogen-bond donors (Lipinski definition) is 2. The molecule has 5 nitrogen and oxygen atoms in total. The van der Waals surface area contributed by atoms with Crippen molar-refractivity contribution in [3.63, 3.8) is 0 Å². The monoisotopic (exact) mass is 278 g/mol. The molecule has 1 aliphatic heterocycles. The Morgan fingerprint density at radius 1 is 1.29 bits per heavy atom. The Morgan fingerprint density at radius 3 is 3.10 bits per heavy atom. The van der Waals surface area contributed by atoms with Crippen molar-refractivity contribution in [1.29, 1.82) is 0 Å². The fourth-order valence-electron chi connectivity index (χ4n) is 2.41. The molecule has 3 heterocycles. The van der Waals surface area contributed by atoms with E-state index >= 15 is 0 Å². The molecule has 2 aromatic heterocycles. The van der Waals surface area contributed by atoms with Crippen LogP contribution >= 0.6 is 0 Å². The van der Waals surface area contributed by atoms with Crippen molar-refractivity contribution in [2.45, 2.75) is 0 Å². The molecular formula is C16H10N2O3.